The van der Waals surface area contributed by atoms with Crippen LogP contribution in [0.5, 0.6) is 23.0 Å². The predicted octanol–water partition coefficient (Wildman–Crippen LogP) is 18.6. The molecule has 3 nitrogen and oxygen atoms in total. The van der Waals surface area contributed by atoms with Gasteiger partial charge in [-0.15, -0.1) is 0 Å². The van der Waals surface area contributed by atoms with E-state index in [0.717, 1.165) is 72.7 Å². The fourth-order valence-electron chi connectivity index (χ4n) is 12.7. The Kier molecular flexibility index (Phi) is 7.76. The zero-order valence-corrected chi connectivity index (χ0v) is 40.5. The third kappa shape index (κ3) is 5.74. The first kappa shape index (κ1) is 36.5. The Bertz CT molecular complexity index is 4100. The number of rotatable bonds is 2. The number of anilines is 3. The highest BCUT2D eigenvalue weighted by Crippen LogP contribution is 2.64. The SMILES string of the molecule is [2H]C([2H])([2H])c1ccc2c(c1)Oc1c(ccc(C([2H])([2H])[2H])c1-c1ccc3c(c1)-c1ccccc1-c1ccccc1-c1ccccc1-3)C21c2ccccc2Oc2cc(N3c4ccccc4C(C)(C)C(C)(C)c4ccccc43)ccc21. The first-order chi connectivity index (χ1) is 37.5. The molecule has 0 bridgehead atoms. The molecule has 346 valence electrons. The Morgan fingerprint density at radius 3 is 1.46 bits per heavy atom. The van der Waals surface area contributed by atoms with Crippen LogP contribution in [0.25, 0.3) is 55.6 Å². The number of nitrogens with zero attached hydrogens (tertiary/aromatic N) is 1. The highest BCUT2D eigenvalue weighted by atomic mass is 16.5. The summed E-state index contributed by atoms with van der Waals surface area (Å²) in [6.45, 7) is 4.24. The lowest BCUT2D eigenvalue weighted by Gasteiger charge is -2.45. The highest BCUT2D eigenvalue weighted by molar-refractivity contribution is 6.04. The van der Waals surface area contributed by atoms with Crippen molar-refractivity contribution < 1.29 is 17.7 Å². The quantitative estimate of drug-likeness (QED) is 0.172. The van der Waals surface area contributed by atoms with E-state index in [-0.39, 0.29) is 22.0 Å². The van der Waals surface area contributed by atoms with Crippen LogP contribution in [0.3, 0.4) is 0 Å². The second-order valence-corrected chi connectivity index (χ2v) is 20.7. The molecule has 3 aliphatic heterocycles. The lowest BCUT2D eigenvalue weighted by Crippen LogP contribution is -2.39. The van der Waals surface area contributed by atoms with Crippen molar-refractivity contribution in [2.45, 2.75) is 57.6 Å². The minimum absolute atomic E-state index is 0.102. The normalized spacial score (nSPS) is 18.2. The fraction of sp³-hybridized carbons (Fsp3) is 0.130. The van der Waals surface area contributed by atoms with Gasteiger partial charge in [0, 0.05) is 70.0 Å². The minimum atomic E-state index is -2.60. The molecule has 0 aromatic heterocycles. The summed E-state index contributed by atoms with van der Waals surface area (Å²) >= 11 is 0. The maximum absolute atomic E-state index is 9.23. The molecule has 1 atom stereocenters. The molecule has 3 heterocycles. The van der Waals surface area contributed by atoms with Crippen molar-refractivity contribution in [3.05, 3.63) is 257 Å². The minimum Gasteiger partial charge on any atom is -0.457 e. The molecule has 10 aromatic rings. The van der Waals surface area contributed by atoms with Crippen LogP contribution in [-0.4, -0.2) is 0 Å². The van der Waals surface area contributed by atoms with Gasteiger partial charge in [-0.05, 0) is 122 Å². The van der Waals surface area contributed by atoms with Gasteiger partial charge in [0.1, 0.15) is 23.0 Å². The molecule has 1 unspecified atom stereocenters. The molecule has 3 heteroatoms. The number of hydrogen-bond donors (Lipinski definition) is 0. The summed E-state index contributed by atoms with van der Waals surface area (Å²) in [4.78, 5) is 2.35. The van der Waals surface area contributed by atoms with E-state index >= 15 is 0 Å². The van der Waals surface area contributed by atoms with Gasteiger partial charge in [0.2, 0.25) is 0 Å². The van der Waals surface area contributed by atoms with Crippen molar-refractivity contribution in [3.8, 4) is 78.6 Å². The highest BCUT2D eigenvalue weighted by Gasteiger charge is 2.52. The number of ether oxygens (including phenoxy) is 2. The molecule has 0 saturated carbocycles. The first-order valence-electron chi connectivity index (χ1n) is 27.8. The average molecular weight is 934 g/mol. The van der Waals surface area contributed by atoms with Crippen molar-refractivity contribution in [2.75, 3.05) is 4.90 Å². The number of benzene rings is 10. The van der Waals surface area contributed by atoms with Gasteiger partial charge in [-0.2, -0.15) is 0 Å². The third-order valence-electron chi connectivity index (χ3n) is 16.7. The topological polar surface area (TPSA) is 21.7 Å². The molecule has 0 fully saturated rings. The van der Waals surface area contributed by atoms with Gasteiger partial charge in [0.15, 0.2) is 0 Å². The summed E-state index contributed by atoms with van der Waals surface area (Å²) in [5.41, 5.74) is 16.4. The zero-order chi connectivity index (χ0) is 53.7. The standard InChI is InChI=1S/C69H53NO2/c1-42-31-36-57-63(39-42)72-66-59(37-32-43(2)65(66)44-33-35-52-50-23-10-9-21-48(50)46-19-7-8-20-47(46)49-22-11-12-24-51(49)53(52)40-44)69(57)56-27-15-18-30-62(56)71-64-41-45(34-38-58(64)69)70-60-28-16-13-25-54(60)67(3,4)68(5,6)55-26-14-17-29-61(55)70/h7-41H,1-6H3/i1D3,2D3. The molecule has 1 spiro atoms. The number of fused-ring (bicyclic) bond motifs is 18. The largest absolute Gasteiger partial charge is 0.457 e. The van der Waals surface area contributed by atoms with Crippen LogP contribution in [0.1, 0.15) is 80.4 Å². The maximum Gasteiger partial charge on any atom is 0.140 e. The summed E-state index contributed by atoms with van der Waals surface area (Å²) in [6, 6.07) is 72.1. The van der Waals surface area contributed by atoms with E-state index in [1.54, 1.807) is 18.2 Å². The van der Waals surface area contributed by atoms with E-state index in [1.807, 2.05) is 42.5 Å². The van der Waals surface area contributed by atoms with E-state index in [1.165, 1.54) is 11.1 Å². The summed E-state index contributed by atoms with van der Waals surface area (Å²) in [6.07, 6.45) is 0. The Hall–Kier alpha value is -8.40. The van der Waals surface area contributed by atoms with Gasteiger partial charge in [0.25, 0.3) is 0 Å². The van der Waals surface area contributed by atoms with E-state index in [0.29, 0.717) is 45.3 Å². The molecule has 0 N–H and O–H groups in total. The Morgan fingerprint density at radius 1 is 0.375 bits per heavy atom. The molecule has 0 amide bonds. The second-order valence-electron chi connectivity index (χ2n) is 20.7. The van der Waals surface area contributed by atoms with Gasteiger partial charge in [-0.3, -0.25) is 0 Å². The Balaban J connectivity index is 1.06. The van der Waals surface area contributed by atoms with Crippen LogP contribution in [0.15, 0.2) is 212 Å². The van der Waals surface area contributed by atoms with Crippen LogP contribution < -0.4 is 14.4 Å². The van der Waals surface area contributed by atoms with Gasteiger partial charge >= 0.3 is 0 Å². The molecule has 0 radical (unpaired) electrons. The summed E-state index contributed by atoms with van der Waals surface area (Å²) in [7, 11) is 0. The van der Waals surface area contributed by atoms with Crippen molar-refractivity contribution in [2.24, 2.45) is 0 Å². The van der Waals surface area contributed by atoms with Crippen molar-refractivity contribution in [1.82, 2.24) is 0 Å². The molecule has 0 saturated heterocycles. The smallest absolute Gasteiger partial charge is 0.140 e. The summed E-state index contributed by atoms with van der Waals surface area (Å²) in [5.74, 6) is 1.85. The molecular weight excluding hydrogens is 875 g/mol. The third-order valence-corrected chi connectivity index (χ3v) is 16.7. The van der Waals surface area contributed by atoms with E-state index in [9.17, 15) is 4.11 Å². The lowest BCUT2D eigenvalue weighted by molar-refractivity contribution is 0.307. The summed E-state index contributed by atoms with van der Waals surface area (Å²) in [5, 5.41) is 0. The molecule has 4 aliphatic rings. The van der Waals surface area contributed by atoms with E-state index in [4.69, 9.17) is 13.6 Å². The van der Waals surface area contributed by atoms with Crippen molar-refractivity contribution in [1.29, 1.82) is 0 Å². The monoisotopic (exact) mass is 933 g/mol. The van der Waals surface area contributed by atoms with Crippen LogP contribution in [0.4, 0.5) is 17.1 Å². The van der Waals surface area contributed by atoms with Gasteiger partial charge in [-0.25, -0.2) is 0 Å². The molecule has 72 heavy (non-hydrogen) atoms. The Morgan fingerprint density at radius 2 is 0.861 bits per heavy atom. The molecular formula is C69H53NO2. The number of aryl methyl sites for hydroxylation is 2. The van der Waals surface area contributed by atoms with Crippen molar-refractivity contribution in [3.63, 3.8) is 0 Å². The Labute approximate surface area is 431 Å². The van der Waals surface area contributed by atoms with Crippen molar-refractivity contribution >= 4 is 17.1 Å². The first-order valence-corrected chi connectivity index (χ1v) is 24.8. The predicted molar refractivity (Wildman–Crippen MR) is 296 cm³/mol. The lowest BCUT2D eigenvalue weighted by atomic mass is 9.61. The molecule has 14 rings (SSSR count). The van der Waals surface area contributed by atoms with Gasteiger partial charge in [0.05, 0.1) is 5.41 Å². The van der Waals surface area contributed by atoms with E-state index in [2.05, 4.69) is 184 Å². The summed E-state index contributed by atoms with van der Waals surface area (Å²) < 4.78 is 68.0. The zero-order valence-electron chi connectivity index (χ0n) is 46.5. The molecule has 10 aromatic carbocycles. The maximum atomic E-state index is 9.23. The van der Waals surface area contributed by atoms with Crippen LogP contribution in [-0.2, 0) is 16.2 Å². The average Bonchev–Trinajstić information content (AvgIpc) is 3.47. The molecule has 1 aliphatic carbocycles. The van der Waals surface area contributed by atoms with E-state index < -0.39 is 19.1 Å². The number of para-hydroxylation sites is 3. The second kappa shape index (κ2) is 15.3. The number of hydrogen-bond acceptors (Lipinski definition) is 3. The fourth-order valence-corrected chi connectivity index (χ4v) is 12.7. The van der Waals surface area contributed by atoms with Crippen LogP contribution in [0, 0.1) is 13.7 Å². The van der Waals surface area contributed by atoms with Crippen LogP contribution in [0.2, 0.25) is 0 Å². The van der Waals surface area contributed by atoms with Gasteiger partial charge < -0.3 is 14.4 Å². The van der Waals surface area contributed by atoms with Crippen LogP contribution >= 0.6 is 0 Å². The van der Waals surface area contributed by atoms with Gasteiger partial charge in [-0.1, -0.05) is 198 Å².